The smallest absolute Gasteiger partial charge is 0.244 e. The molecule has 0 radical (unpaired) electrons. The van der Waals surface area contributed by atoms with Gasteiger partial charge in [-0.3, -0.25) is 9.59 Å². The number of benzene rings is 2. The zero-order valence-electron chi connectivity index (χ0n) is 12.9. The standard InChI is InChI=1S/C17H15ClF2N2O2/c1-11(23)22(9-12-2-4-13(18)5-3-12)10-17(24)21-16-7-6-14(19)8-15(16)20/h2-8H,9-10H2,1H3,(H,21,24). The first kappa shape index (κ1) is 17.9. The number of halogens is 3. The summed E-state index contributed by atoms with van der Waals surface area (Å²) in [7, 11) is 0. The van der Waals surface area contributed by atoms with E-state index >= 15 is 0 Å². The molecule has 2 rings (SSSR count). The molecule has 4 nitrogen and oxygen atoms in total. The van der Waals surface area contributed by atoms with E-state index in [4.69, 9.17) is 11.6 Å². The first-order valence-electron chi connectivity index (χ1n) is 7.10. The predicted molar refractivity (Wildman–Crippen MR) is 87.5 cm³/mol. The number of nitrogens with one attached hydrogen (secondary N) is 1. The van der Waals surface area contributed by atoms with E-state index in [-0.39, 0.29) is 24.7 Å². The summed E-state index contributed by atoms with van der Waals surface area (Å²) in [5.74, 6) is -2.50. The highest BCUT2D eigenvalue weighted by Gasteiger charge is 2.15. The normalized spacial score (nSPS) is 10.3. The summed E-state index contributed by atoms with van der Waals surface area (Å²) in [6.45, 7) is 1.29. The molecule has 0 fully saturated rings. The molecule has 2 aromatic rings. The molecule has 0 aliphatic rings. The Hall–Kier alpha value is -2.47. The van der Waals surface area contributed by atoms with E-state index in [1.54, 1.807) is 24.3 Å². The number of anilines is 1. The van der Waals surface area contributed by atoms with Gasteiger partial charge in [0.05, 0.1) is 5.69 Å². The van der Waals surface area contributed by atoms with Crippen molar-refractivity contribution in [2.45, 2.75) is 13.5 Å². The average Bonchev–Trinajstić information content (AvgIpc) is 2.51. The molecule has 0 aliphatic carbocycles. The fourth-order valence-corrected chi connectivity index (χ4v) is 2.17. The molecule has 24 heavy (non-hydrogen) atoms. The summed E-state index contributed by atoms with van der Waals surface area (Å²) in [4.78, 5) is 25.0. The van der Waals surface area contributed by atoms with E-state index in [2.05, 4.69) is 5.32 Å². The van der Waals surface area contributed by atoms with Crippen LogP contribution in [0.4, 0.5) is 14.5 Å². The molecule has 0 saturated heterocycles. The lowest BCUT2D eigenvalue weighted by Gasteiger charge is -2.20. The number of hydrogen-bond acceptors (Lipinski definition) is 2. The monoisotopic (exact) mass is 352 g/mol. The van der Waals surface area contributed by atoms with Gasteiger partial charge in [-0.2, -0.15) is 0 Å². The zero-order chi connectivity index (χ0) is 17.7. The Bertz CT molecular complexity index is 751. The maximum atomic E-state index is 13.5. The summed E-state index contributed by atoms with van der Waals surface area (Å²) >= 11 is 5.80. The molecular formula is C17H15ClF2N2O2. The SMILES string of the molecule is CC(=O)N(CC(=O)Nc1ccc(F)cc1F)Cc1ccc(Cl)cc1. The highest BCUT2D eigenvalue weighted by Crippen LogP contribution is 2.15. The number of hydrogen-bond donors (Lipinski definition) is 1. The summed E-state index contributed by atoms with van der Waals surface area (Å²) in [5, 5.41) is 2.89. The minimum atomic E-state index is -0.879. The molecular weight excluding hydrogens is 338 g/mol. The van der Waals surface area contributed by atoms with Crippen LogP contribution in [0.15, 0.2) is 42.5 Å². The molecule has 2 amide bonds. The van der Waals surface area contributed by atoms with Crippen LogP contribution in [0.2, 0.25) is 5.02 Å². The van der Waals surface area contributed by atoms with Crippen LogP contribution in [0, 0.1) is 11.6 Å². The minimum absolute atomic E-state index is 0.142. The number of amides is 2. The molecule has 0 atom stereocenters. The molecule has 0 aliphatic heterocycles. The summed E-state index contributed by atoms with van der Waals surface area (Å²) < 4.78 is 26.4. The van der Waals surface area contributed by atoms with Gasteiger partial charge in [0.1, 0.15) is 18.2 Å². The molecule has 7 heteroatoms. The third-order valence-corrected chi connectivity index (χ3v) is 3.52. The first-order chi connectivity index (χ1) is 11.3. The van der Waals surface area contributed by atoms with Crippen molar-refractivity contribution < 1.29 is 18.4 Å². The fourth-order valence-electron chi connectivity index (χ4n) is 2.04. The molecule has 0 spiro atoms. The summed E-state index contributed by atoms with van der Waals surface area (Å²) in [5.41, 5.74) is 0.659. The number of carbonyl (C=O) groups is 2. The van der Waals surface area contributed by atoms with E-state index in [0.717, 1.165) is 17.7 Å². The molecule has 0 aromatic heterocycles. The van der Waals surface area contributed by atoms with Crippen molar-refractivity contribution in [3.63, 3.8) is 0 Å². The lowest BCUT2D eigenvalue weighted by molar-refractivity contribution is -0.133. The average molecular weight is 353 g/mol. The molecule has 1 N–H and O–H groups in total. The van der Waals surface area contributed by atoms with Gasteiger partial charge in [-0.25, -0.2) is 8.78 Å². The van der Waals surface area contributed by atoms with Crippen molar-refractivity contribution in [3.8, 4) is 0 Å². The van der Waals surface area contributed by atoms with Crippen LogP contribution in [0.5, 0.6) is 0 Å². The van der Waals surface area contributed by atoms with E-state index in [1.165, 1.54) is 11.8 Å². The largest absolute Gasteiger partial charge is 0.329 e. The van der Waals surface area contributed by atoms with Crippen molar-refractivity contribution >= 4 is 29.1 Å². The van der Waals surface area contributed by atoms with E-state index < -0.39 is 17.5 Å². The summed E-state index contributed by atoms with van der Waals surface area (Å²) in [6, 6.07) is 9.69. The van der Waals surface area contributed by atoms with Gasteiger partial charge in [0.15, 0.2) is 0 Å². The minimum Gasteiger partial charge on any atom is -0.329 e. The van der Waals surface area contributed by atoms with E-state index in [0.29, 0.717) is 11.1 Å². The number of carbonyl (C=O) groups excluding carboxylic acids is 2. The Labute approximate surface area is 143 Å². The lowest BCUT2D eigenvalue weighted by Crippen LogP contribution is -2.36. The topological polar surface area (TPSA) is 49.4 Å². The Morgan fingerprint density at radius 1 is 1.12 bits per heavy atom. The van der Waals surface area contributed by atoms with Gasteiger partial charge in [-0.05, 0) is 29.8 Å². The third kappa shape index (κ3) is 5.03. The quantitative estimate of drug-likeness (QED) is 0.893. The van der Waals surface area contributed by atoms with Gasteiger partial charge < -0.3 is 10.2 Å². The maximum Gasteiger partial charge on any atom is 0.244 e. The maximum absolute atomic E-state index is 13.5. The lowest BCUT2D eigenvalue weighted by atomic mass is 10.2. The van der Waals surface area contributed by atoms with E-state index in [1.807, 2.05) is 0 Å². The second-order valence-electron chi connectivity index (χ2n) is 5.17. The molecule has 2 aromatic carbocycles. The third-order valence-electron chi connectivity index (χ3n) is 3.27. The van der Waals surface area contributed by atoms with Gasteiger partial charge in [0.2, 0.25) is 11.8 Å². The Balaban J connectivity index is 2.02. The number of nitrogens with zero attached hydrogens (tertiary/aromatic N) is 1. The highest BCUT2D eigenvalue weighted by atomic mass is 35.5. The second-order valence-corrected chi connectivity index (χ2v) is 5.61. The molecule has 0 unspecified atom stereocenters. The predicted octanol–water partition coefficient (Wildman–Crippen LogP) is 3.61. The second kappa shape index (κ2) is 7.88. The number of rotatable bonds is 5. The van der Waals surface area contributed by atoms with Crippen LogP contribution in [0.3, 0.4) is 0 Å². The van der Waals surface area contributed by atoms with Gasteiger partial charge in [0.25, 0.3) is 0 Å². The van der Waals surface area contributed by atoms with Gasteiger partial charge in [0, 0.05) is 24.6 Å². The van der Waals surface area contributed by atoms with Gasteiger partial charge >= 0.3 is 0 Å². The Kier molecular flexibility index (Phi) is 5.87. The zero-order valence-corrected chi connectivity index (χ0v) is 13.6. The highest BCUT2D eigenvalue weighted by molar-refractivity contribution is 6.30. The van der Waals surface area contributed by atoms with Crippen LogP contribution in [0.1, 0.15) is 12.5 Å². The van der Waals surface area contributed by atoms with Crippen molar-refractivity contribution in [3.05, 3.63) is 64.7 Å². The van der Waals surface area contributed by atoms with E-state index in [9.17, 15) is 18.4 Å². The molecule has 0 bridgehead atoms. The van der Waals surface area contributed by atoms with Gasteiger partial charge in [-0.15, -0.1) is 0 Å². The van der Waals surface area contributed by atoms with Crippen molar-refractivity contribution in [2.24, 2.45) is 0 Å². The first-order valence-corrected chi connectivity index (χ1v) is 7.48. The van der Waals surface area contributed by atoms with Crippen LogP contribution >= 0.6 is 11.6 Å². The van der Waals surface area contributed by atoms with Crippen molar-refractivity contribution in [2.75, 3.05) is 11.9 Å². The molecule has 0 saturated carbocycles. The summed E-state index contributed by atoms with van der Waals surface area (Å²) in [6.07, 6.45) is 0. The Morgan fingerprint density at radius 2 is 1.79 bits per heavy atom. The van der Waals surface area contributed by atoms with Crippen LogP contribution < -0.4 is 5.32 Å². The Morgan fingerprint density at radius 3 is 2.38 bits per heavy atom. The molecule has 0 heterocycles. The van der Waals surface area contributed by atoms with Crippen LogP contribution in [-0.2, 0) is 16.1 Å². The van der Waals surface area contributed by atoms with Gasteiger partial charge in [-0.1, -0.05) is 23.7 Å². The van der Waals surface area contributed by atoms with Crippen LogP contribution in [0.25, 0.3) is 0 Å². The van der Waals surface area contributed by atoms with Crippen molar-refractivity contribution in [1.82, 2.24) is 4.90 Å². The van der Waals surface area contributed by atoms with Crippen molar-refractivity contribution in [1.29, 1.82) is 0 Å². The van der Waals surface area contributed by atoms with Crippen LogP contribution in [-0.4, -0.2) is 23.3 Å². The fraction of sp³-hybridized carbons (Fsp3) is 0.176. The molecule has 126 valence electrons.